The van der Waals surface area contributed by atoms with Crippen molar-refractivity contribution >= 4 is 0 Å². The lowest BCUT2D eigenvalue weighted by Gasteiger charge is -2.29. The van der Waals surface area contributed by atoms with E-state index < -0.39 is 0 Å². The van der Waals surface area contributed by atoms with E-state index in [0.717, 1.165) is 17.2 Å². The van der Waals surface area contributed by atoms with Crippen LogP contribution in [0.25, 0.3) is 0 Å². The zero-order chi connectivity index (χ0) is 13.0. The Bertz CT molecular complexity index is 367. The largest absolute Gasteiger partial charge is 0.490 e. The Labute approximate surface area is 111 Å². The average molecular weight is 247 g/mol. The monoisotopic (exact) mass is 247 g/mol. The van der Waals surface area contributed by atoms with Crippen molar-refractivity contribution in [2.24, 2.45) is 11.7 Å². The zero-order valence-corrected chi connectivity index (χ0v) is 11.6. The molecule has 0 bridgehead atoms. The van der Waals surface area contributed by atoms with Gasteiger partial charge in [-0.3, -0.25) is 0 Å². The minimum Gasteiger partial charge on any atom is -0.490 e. The summed E-state index contributed by atoms with van der Waals surface area (Å²) < 4.78 is 6.16. The minimum atomic E-state index is 0.0354. The third kappa shape index (κ3) is 3.26. The van der Waals surface area contributed by atoms with Gasteiger partial charge >= 0.3 is 0 Å². The number of benzene rings is 1. The smallest absolute Gasteiger partial charge is 0.124 e. The highest BCUT2D eigenvalue weighted by Gasteiger charge is 2.22. The van der Waals surface area contributed by atoms with Crippen LogP contribution in [0.15, 0.2) is 24.3 Å². The first-order valence-electron chi connectivity index (χ1n) is 7.21. The summed E-state index contributed by atoms with van der Waals surface area (Å²) in [7, 11) is 0. The summed E-state index contributed by atoms with van der Waals surface area (Å²) in [5, 5.41) is 0. The van der Waals surface area contributed by atoms with Gasteiger partial charge in [0.1, 0.15) is 5.75 Å². The van der Waals surface area contributed by atoms with Crippen LogP contribution in [-0.2, 0) is 0 Å². The number of nitrogens with two attached hydrogens (primary N) is 1. The van der Waals surface area contributed by atoms with Gasteiger partial charge in [-0.2, -0.15) is 0 Å². The van der Waals surface area contributed by atoms with Gasteiger partial charge in [0, 0.05) is 11.6 Å². The van der Waals surface area contributed by atoms with Crippen molar-refractivity contribution in [3.8, 4) is 5.75 Å². The number of ether oxygens (including phenoxy) is 1. The molecule has 100 valence electrons. The summed E-state index contributed by atoms with van der Waals surface area (Å²) in [6, 6.07) is 8.20. The maximum absolute atomic E-state index is 6.16. The molecule has 0 radical (unpaired) electrons. The van der Waals surface area contributed by atoms with Crippen molar-refractivity contribution in [2.45, 2.75) is 58.1 Å². The third-order valence-corrected chi connectivity index (χ3v) is 4.07. The van der Waals surface area contributed by atoms with Gasteiger partial charge in [-0.25, -0.2) is 0 Å². The Hall–Kier alpha value is -1.02. The quantitative estimate of drug-likeness (QED) is 0.871. The third-order valence-electron chi connectivity index (χ3n) is 4.07. The fourth-order valence-electron chi connectivity index (χ4n) is 2.80. The molecule has 2 heteroatoms. The van der Waals surface area contributed by atoms with Crippen molar-refractivity contribution in [2.75, 3.05) is 0 Å². The molecule has 1 aliphatic rings. The first-order valence-corrected chi connectivity index (χ1v) is 7.21. The van der Waals surface area contributed by atoms with E-state index in [0.29, 0.717) is 6.10 Å². The minimum absolute atomic E-state index is 0.0354. The van der Waals surface area contributed by atoms with Crippen LogP contribution in [0, 0.1) is 5.92 Å². The Morgan fingerprint density at radius 2 is 1.89 bits per heavy atom. The highest BCUT2D eigenvalue weighted by molar-refractivity contribution is 5.35. The van der Waals surface area contributed by atoms with E-state index in [-0.39, 0.29) is 6.04 Å². The standard InChI is InChI=1S/C16H25NO/c1-3-13-8-10-14(11-9-13)18-16-7-5-4-6-15(16)12(2)17/h4-7,12-14H,3,8-11,17H2,1-2H3/t12-,13?,14?/m0/s1. The molecule has 1 fully saturated rings. The van der Waals surface area contributed by atoms with Gasteiger partial charge in [-0.15, -0.1) is 0 Å². The van der Waals surface area contributed by atoms with Crippen LogP contribution in [0.4, 0.5) is 0 Å². The molecule has 0 heterocycles. The van der Waals surface area contributed by atoms with E-state index in [1.54, 1.807) is 0 Å². The van der Waals surface area contributed by atoms with Crippen LogP contribution in [-0.4, -0.2) is 6.10 Å². The van der Waals surface area contributed by atoms with Crippen LogP contribution in [0.3, 0.4) is 0 Å². The summed E-state index contributed by atoms with van der Waals surface area (Å²) in [5.41, 5.74) is 7.10. The first-order chi connectivity index (χ1) is 8.70. The fourth-order valence-corrected chi connectivity index (χ4v) is 2.80. The zero-order valence-electron chi connectivity index (χ0n) is 11.6. The topological polar surface area (TPSA) is 35.2 Å². The van der Waals surface area contributed by atoms with Gasteiger partial charge in [0.25, 0.3) is 0 Å². The van der Waals surface area contributed by atoms with Gasteiger partial charge < -0.3 is 10.5 Å². The maximum Gasteiger partial charge on any atom is 0.124 e. The number of hydrogen-bond donors (Lipinski definition) is 1. The van der Waals surface area contributed by atoms with Crippen molar-refractivity contribution in [1.29, 1.82) is 0 Å². The summed E-state index contributed by atoms with van der Waals surface area (Å²) in [6.45, 7) is 4.30. The van der Waals surface area contributed by atoms with Crippen molar-refractivity contribution in [3.63, 3.8) is 0 Å². The highest BCUT2D eigenvalue weighted by Crippen LogP contribution is 2.31. The average Bonchev–Trinajstić information content (AvgIpc) is 2.40. The van der Waals surface area contributed by atoms with Crippen LogP contribution in [0.1, 0.15) is 57.6 Å². The molecule has 0 aliphatic heterocycles. The van der Waals surface area contributed by atoms with Crippen LogP contribution < -0.4 is 10.5 Å². The number of rotatable bonds is 4. The molecule has 1 aromatic rings. The Balaban J connectivity index is 1.98. The maximum atomic E-state index is 6.16. The molecule has 0 saturated heterocycles. The Morgan fingerprint density at radius 3 is 2.50 bits per heavy atom. The predicted molar refractivity (Wildman–Crippen MR) is 75.7 cm³/mol. The molecular formula is C16H25NO. The molecule has 1 aromatic carbocycles. The molecule has 1 aliphatic carbocycles. The van der Waals surface area contributed by atoms with Crippen LogP contribution in [0.2, 0.25) is 0 Å². The summed E-state index contributed by atoms with van der Waals surface area (Å²) in [4.78, 5) is 0. The van der Waals surface area contributed by atoms with Gasteiger partial charge in [0.2, 0.25) is 0 Å². The van der Waals surface area contributed by atoms with Gasteiger partial charge in [-0.1, -0.05) is 31.5 Å². The molecule has 18 heavy (non-hydrogen) atoms. The first kappa shape index (κ1) is 13.4. The van der Waals surface area contributed by atoms with Crippen molar-refractivity contribution in [3.05, 3.63) is 29.8 Å². The molecule has 2 rings (SSSR count). The molecule has 0 aromatic heterocycles. The van der Waals surface area contributed by atoms with E-state index >= 15 is 0 Å². The van der Waals surface area contributed by atoms with Crippen molar-refractivity contribution < 1.29 is 4.74 Å². The van der Waals surface area contributed by atoms with E-state index in [1.165, 1.54) is 32.1 Å². The SMILES string of the molecule is CCC1CCC(Oc2ccccc2[C@H](C)N)CC1. The summed E-state index contributed by atoms with van der Waals surface area (Å²) >= 11 is 0. The van der Waals surface area contributed by atoms with E-state index in [2.05, 4.69) is 13.0 Å². The molecule has 1 saturated carbocycles. The molecule has 2 nitrogen and oxygen atoms in total. The molecule has 1 atom stereocenters. The molecule has 2 N–H and O–H groups in total. The molecule has 0 spiro atoms. The van der Waals surface area contributed by atoms with Crippen molar-refractivity contribution in [1.82, 2.24) is 0 Å². The molecular weight excluding hydrogens is 222 g/mol. The Kier molecular flexibility index (Phi) is 4.65. The molecule has 0 unspecified atom stereocenters. The fraction of sp³-hybridized carbons (Fsp3) is 0.625. The van der Waals surface area contributed by atoms with Crippen LogP contribution in [0.5, 0.6) is 5.75 Å². The van der Waals surface area contributed by atoms with E-state index in [1.807, 2.05) is 25.1 Å². The van der Waals surface area contributed by atoms with Crippen LogP contribution >= 0.6 is 0 Å². The lowest BCUT2D eigenvalue weighted by atomic mass is 9.86. The van der Waals surface area contributed by atoms with E-state index in [4.69, 9.17) is 10.5 Å². The summed E-state index contributed by atoms with van der Waals surface area (Å²) in [5.74, 6) is 1.89. The number of hydrogen-bond acceptors (Lipinski definition) is 2. The normalized spacial score (nSPS) is 25.7. The highest BCUT2D eigenvalue weighted by atomic mass is 16.5. The van der Waals surface area contributed by atoms with Gasteiger partial charge in [0.15, 0.2) is 0 Å². The molecule has 0 amide bonds. The second-order valence-electron chi connectivity index (χ2n) is 5.50. The lowest BCUT2D eigenvalue weighted by Crippen LogP contribution is -2.24. The summed E-state index contributed by atoms with van der Waals surface area (Å²) in [6.07, 6.45) is 6.68. The number of para-hydroxylation sites is 1. The second-order valence-corrected chi connectivity index (χ2v) is 5.50. The van der Waals surface area contributed by atoms with E-state index in [9.17, 15) is 0 Å². The van der Waals surface area contributed by atoms with Gasteiger partial charge in [-0.05, 0) is 44.6 Å². The lowest BCUT2D eigenvalue weighted by molar-refractivity contribution is 0.128. The second kappa shape index (κ2) is 6.24. The Morgan fingerprint density at radius 1 is 1.22 bits per heavy atom. The predicted octanol–water partition coefficient (Wildman–Crippen LogP) is 4.05. The van der Waals surface area contributed by atoms with Gasteiger partial charge in [0.05, 0.1) is 6.10 Å².